The molecule has 28 heavy (non-hydrogen) atoms. The standard InChI is InChI=1S/C20H18BrN5O2/c1-2-26-17-6-4-3-5-16(17)23-20(26)24-18(27)9-10-25-12-22-15-8-7-13(21)11-14(15)19(25)28/h3-8,11-12H,2,9-10H2,1H3,(H,23,24,27). The Morgan fingerprint density at radius 1 is 1.18 bits per heavy atom. The number of carbonyl (C=O) groups excluding carboxylic acids is 1. The fourth-order valence-electron chi connectivity index (χ4n) is 3.19. The lowest BCUT2D eigenvalue weighted by atomic mass is 10.2. The van der Waals surface area contributed by atoms with Crippen molar-refractivity contribution < 1.29 is 4.79 Å². The summed E-state index contributed by atoms with van der Waals surface area (Å²) in [7, 11) is 0. The first-order valence-corrected chi connectivity index (χ1v) is 9.76. The first kappa shape index (κ1) is 18.4. The van der Waals surface area contributed by atoms with Crippen molar-refractivity contribution in [3.05, 3.63) is 63.6 Å². The van der Waals surface area contributed by atoms with Crippen molar-refractivity contribution in [2.75, 3.05) is 5.32 Å². The third-order valence-electron chi connectivity index (χ3n) is 4.59. The van der Waals surface area contributed by atoms with Gasteiger partial charge in [0.15, 0.2) is 0 Å². The van der Waals surface area contributed by atoms with Crippen LogP contribution in [0.3, 0.4) is 0 Å². The van der Waals surface area contributed by atoms with Gasteiger partial charge in [0.25, 0.3) is 5.56 Å². The van der Waals surface area contributed by atoms with Crippen molar-refractivity contribution in [1.82, 2.24) is 19.1 Å². The molecule has 142 valence electrons. The smallest absolute Gasteiger partial charge is 0.261 e. The molecule has 1 N–H and O–H groups in total. The van der Waals surface area contributed by atoms with E-state index in [1.807, 2.05) is 41.8 Å². The number of amides is 1. The highest BCUT2D eigenvalue weighted by Gasteiger charge is 2.13. The maximum absolute atomic E-state index is 12.6. The van der Waals surface area contributed by atoms with Crippen LogP contribution in [0.1, 0.15) is 13.3 Å². The number of carbonyl (C=O) groups is 1. The molecule has 2 aromatic carbocycles. The molecule has 0 fully saturated rings. The number of hydrogen-bond acceptors (Lipinski definition) is 4. The molecule has 8 heteroatoms. The molecule has 0 bridgehead atoms. The molecule has 2 heterocycles. The summed E-state index contributed by atoms with van der Waals surface area (Å²) in [6, 6.07) is 13.1. The molecular weight excluding hydrogens is 422 g/mol. The van der Waals surface area contributed by atoms with E-state index in [4.69, 9.17) is 0 Å². The summed E-state index contributed by atoms with van der Waals surface area (Å²) in [5, 5.41) is 3.38. The molecule has 0 aliphatic rings. The lowest BCUT2D eigenvalue weighted by Crippen LogP contribution is -2.24. The van der Waals surface area contributed by atoms with Gasteiger partial charge >= 0.3 is 0 Å². The van der Waals surface area contributed by atoms with Gasteiger partial charge in [-0.15, -0.1) is 0 Å². The third kappa shape index (κ3) is 3.43. The van der Waals surface area contributed by atoms with Crippen molar-refractivity contribution in [2.24, 2.45) is 0 Å². The molecule has 0 aliphatic heterocycles. The predicted octanol–water partition coefficient (Wildman–Crippen LogP) is 3.56. The fourth-order valence-corrected chi connectivity index (χ4v) is 3.55. The van der Waals surface area contributed by atoms with Crippen LogP contribution in [0.25, 0.3) is 21.9 Å². The Morgan fingerprint density at radius 2 is 2.00 bits per heavy atom. The molecule has 0 radical (unpaired) electrons. The summed E-state index contributed by atoms with van der Waals surface area (Å²) in [4.78, 5) is 33.9. The van der Waals surface area contributed by atoms with Gasteiger partial charge in [-0.1, -0.05) is 28.1 Å². The van der Waals surface area contributed by atoms with Gasteiger partial charge in [0.05, 0.1) is 28.3 Å². The molecule has 0 aliphatic carbocycles. The van der Waals surface area contributed by atoms with E-state index < -0.39 is 0 Å². The minimum absolute atomic E-state index is 0.147. The van der Waals surface area contributed by atoms with Crippen LogP contribution in [0.5, 0.6) is 0 Å². The summed E-state index contributed by atoms with van der Waals surface area (Å²) in [5.74, 6) is 0.313. The molecular formula is C20H18BrN5O2. The van der Waals surface area contributed by atoms with Crippen LogP contribution in [0.2, 0.25) is 0 Å². The molecule has 2 aromatic heterocycles. The Balaban J connectivity index is 1.52. The quantitative estimate of drug-likeness (QED) is 0.515. The van der Waals surface area contributed by atoms with Gasteiger partial charge in [-0.25, -0.2) is 9.97 Å². The van der Waals surface area contributed by atoms with Gasteiger partial charge in [-0.2, -0.15) is 0 Å². The number of aromatic nitrogens is 4. The molecule has 0 saturated carbocycles. The SMILES string of the molecule is CCn1c(NC(=O)CCn2cnc3ccc(Br)cc3c2=O)nc2ccccc21. The average molecular weight is 440 g/mol. The highest BCUT2D eigenvalue weighted by atomic mass is 79.9. The zero-order chi connectivity index (χ0) is 19.7. The van der Waals surface area contributed by atoms with Crippen molar-refractivity contribution >= 4 is 49.7 Å². The van der Waals surface area contributed by atoms with E-state index in [1.165, 1.54) is 10.9 Å². The summed E-state index contributed by atoms with van der Waals surface area (Å²) in [5.41, 5.74) is 2.27. The number of nitrogens with one attached hydrogen (secondary N) is 1. The van der Waals surface area contributed by atoms with E-state index in [0.29, 0.717) is 23.4 Å². The number of fused-ring (bicyclic) bond motifs is 2. The second-order valence-electron chi connectivity index (χ2n) is 6.37. The highest BCUT2D eigenvalue weighted by molar-refractivity contribution is 9.10. The Hall–Kier alpha value is -3.00. The summed E-state index contributed by atoms with van der Waals surface area (Å²) < 4.78 is 4.22. The Labute approximate surface area is 169 Å². The first-order valence-electron chi connectivity index (χ1n) is 8.96. The van der Waals surface area contributed by atoms with Crippen LogP contribution in [-0.2, 0) is 17.9 Å². The normalized spacial score (nSPS) is 11.2. The Morgan fingerprint density at radius 3 is 2.82 bits per heavy atom. The van der Waals surface area contributed by atoms with E-state index in [9.17, 15) is 9.59 Å². The number of para-hydroxylation sites is 2. The van der Waals surface area contributed by atoms with Crippen LogP contribution in [-0.4, -0.2) is 25.0 Å². The number of rotatable bonds is 5. The molecule has 0 saturated heterocycles. The molecule has 4 aromatic rings. The van der Waals surface area contributed by atoms with Crippen molar-refractivity contribution in [3.8, 4) is 0 Å². The Kier molecular flexibility index (Phi) is 4.95. The van der Waals surface area contributed by atoms with E-state index in [-0.39, 0.29) is 24.4 Å². The molecule has 4 rings (SSSR count). The number of aryl methyl sites for hydroxylation is 2. The van der Waals surface area contributed by atoms with Gasteiger partial charge in [0.2, 0.25) is 11.9 Å². The van der Waals surface area contributed by atoms with Gasteiger partial charge < -0.3 is 4.57 Å². The summed E-state index contributed by atoms with van der Waals surface area (Å²) >= 11 is 3.37. The van der Waals surface area contributed by atoms with Gasteiger partial charge in [-0.05, 0) is 37.3 Å². The number of halogens is 1. The highest BCUT2D eigenvalue weighted by Crippen LogP contribution is 2.19. The number of imidazole rings is 1. The second-order valence-corrected chi connectivity index (χ2v) is 7.29. The maximum atomic E-state index is 12.6. The lowest BCUT2D eigenvalue weighted by Gasteiger charge is -2.09. The van der Waals surface area contributed by atoms with E-state index in [2.05, 4.69) is 31.2 Å². The molecule has 0 unspecified atom stereocenters. The zero-order valence-electron chi connectivity index (χ0n) is 15.2. The number of anilines is 1. The van der Waals surface area contributed by atoms with Crippen LogP contribution in [0, 0.1) is 0 Å². The van der Waals surface area contributed by atoms with E-state index in [0.717, 1.165) is 15.5 Å². The number of nitrogens with zero attached hydrogens (tertiary/aromatic N) is 4. The molecule has 0 atom stereocenters. The number of hydrogen-bond donors (Lipinski definition) is 1. The van der Waals surface area contributed by atoms with Crippen LogP contribution in [0.4, 0.5) is 5.95 Å². The second kappa shape index (κ2) is 7.55. The van der Waals surface area contributed by atoms with Crippen molar-refractivity contribution in [1.29, 1.82) is 0 Å². The minimum atomic E-state index is -0.203. The largest absolute Gasteiger partial charge is 0.310 e. The first-order chi connectivity index (χ1) is 13.6. The summed E-state index contributed by atoms with van der Waals surface area (Å²) in [6.07, 6.45) is 1.63. The predicted molar refractivity (Wildman–Crippen MR) is 112 cm³/mol. The summed E-state index contributed by atoms with van der Waals surface area (Å²) in [6.45, 7) is 2.94. The molecule has 0 spiro atoms. The van der Waals surface area contributed by atoms with Gasteiger partial charge in [-0.3, -0.25) is 19.5 Å². The van der Waals surface area contributed by atoms with E-state index in [1.54, 1.807) is 12.1 Å². The lowest BCUT2D eigenvalue weighted by molar-refractivity contribution is -0.116. The van der Waals surface area contributed by atoms with Crippen LogP contribution >= 0.6 is 15.9 Å². The molecule has 7 nitrogen and oxygen atoms in total. The number of benzene rings is 2. The fraction of sp³-hybridized carbons (Fsp3) is 0.200. The monoisotopic (exact) mass is 439 g/mol. The van der Waals surface area contributed by atoms with Gasteiger partial charge in [0.1, 0.15) is 0 Å². The van der Waals surface area contributed by atoms with Crippen LogP contribution in [0.15, 0.2) is 58.1 Å². The molecule has 1 amide bonds. The average Bonchev–Trinajstić information content (AvgIpc) is 3.04. The topological polar surface area (TPSA) is 81.8 Å². The Bertz CT molecular complexity index is 1240. The maximum Gasteiger partial charge on any atom is 0.261 e. The zero-order valence-corrected chi connectivity index (χ0v) is 16.8. The van der Waals surface area contributed by atoms with Crippen molar-refractivity contribution in [2.45, 2.75) is 26.4 Å². The van der Waals surface area contributed by atoms with Gasteiger partial charge in [0, 0.05) is 24.0 Å². The minimum Gasteiger partial charge on any atom is -0.310 e. The van der Waals surface area contributed by atoms with E-state index >= 15 is 0 Å². The van der Waals surface area contributed by atoms with Crippen molar-refractivity contribution in [3.63, 3.8) is 0 Å². The third-order valence-corrected chi connectivity index (χ3v) is 5.08. The van der Waals surface area contributed by atoms with Crippen LogP contribution < -0.4 is 10.9 Å².